The zero-order chi connectivity index (χ0) is 17.2. The minimum atomic E-state index is -0.148. The monoisotopic (exact) mass is 342 g/mol. The summed E-state index contributed by atoms with van der Waals surface area (Å²) in [5, 5.41) is 3.75. The van der Waals surface area contributed by atoms with Crippen LogP contribution < -0.4 is 5.32 Å². The van der Waals surface area contributed by atoms with Gasteiger partial charge in [0.1, 0.15) is 12.1 Å². The average molecular weight is 342 g/mol. The summed E-state index contributed by atoms with van der Waals surface area (Å²) in [6.07, 6.45) is 8.06. The van der Waals surface area contributed by atoms with E-state index in [0.29, 0.717) is 17.6 Å². The molecule has 4 rings (SSSR count). The molecule has 2 heterocycles. The van der Waals surface area contributed by atoms with Crippen molar-refractivity contribution in [3.05, 3.63) is 59.3 Å². The van der Waals surface area contributed by atoms with Crippen LogP contribution in [0.1, 0.15) is 53.2 Å². The fraction of sp³-hybridized carbons (Fsp3) is 0.450. The zero-order valence-corrected chi connectivity index (χ0v) is 14.2. The first-order valence-electron chi connectivity index (χ1n) is 9.06. The number of piperidine rings is 1. The number of hydrogen-bond acceptors (Lipinski definition) is 3. The van der Waals surface area contributed by atoms with Crippen LogP contribution in [-0.4, -0.2) is 29.9 Å². The third kappa shape index (κ3) is 3.47. The molecule has 0 bridgehead atoms. The number of halogens is 1. The molecule has 1 aliphatic heterocycles. The number of fused-ring (bicyclic) bond motifs is 1. The van der Waals surface area contributed by atoms with Gasteiger partial charge in [0.15, 0.2) is 0 Å². The van der Waals surface area contributed by atoms with E-state index in [-0.39, 0.29) is 11.7 Å². The number of aryl methyl sites for hydroxylation is 1. The van der Waals surface area contributed by atoms with Gasteiger partial charge < -0.3 is 14.6 Å². The Hall–Kier alpha value is -2.14. The zero-order valence-electron chi connectivity index (χ0n) is 14.2. The Morgan fingerprint density at radius 3 is 2.80 bits per heavy atom. The van der Waals surface area contributed by atoms with Gasteiger partial charge in [-0.3, -0.25) is 4.79 Å². The van der Waals surface area contributed by atoms with Gasteiger partial charge in [-0.25, -0.2) is 4.39 Å². The Morgan fingerprint density at radius 1 is 1.20 bits per heavy atom. The van der Waals surface area contributed by atoms with Crippen molar-refractivity contribution in [2.45, 2.75) is 44.2 Å². The summed E-state index contributed by atoms with van der Waals surface area (Å²) >= 11 is 0. The molecule has 2 aliphatic rings. The number of nitrogens with one attached hydrogen (secondary N) is 1. The molecule has 1 aromatic carbocycles. The Morgan fingerprint density at radius 2 is 2.04 bits per heavy atom. The van der Waals surface area contributed by atoms with Crippen molar-refractivity contribution in [2.75, 3.05) is 13.1 Å². The molecule has 1 fully saturated rings. The summed E-state index contributed by atoms with van der Waals surface area (Å²) in [7, 11) is 0. The van der Waals surface area contributed by atoms with E-state index in [0.717, 1.165) is 50.8 Å². The molecular formula is C20H23FN2O2. The van der Waals surface area contributed by atoms with E-state index in [2.05, 4.69) is 5.32 Å². The van der Waals surface area contributed by atoms with E-state index in [1.165, 1.54) is 18.1 Å². The van der Waals surface area contributed by atoms with Crippen LogP contribution in [0.2, 0.25) is 0 Å². The lowest BCUT2D eigenvalue weighted by molar-refractivity contribution is 0.0700. The standard InChI is InChI=1S/C20H23FN2O2/c21-16-4-5-18-14(12-16)2-1-3-19(18)22-17-6-9-23(10-7-17)20(24)15-8-11-25-13-15/h4-5,8,11-13,17,19,22H,1-3,6-7,9-10H2/t19-/m1/s1. The van der Waals surface area contributed by atoms with E-state index >= 15 is 0 Å². The molecule has 5 heteroatoms. The van der Waals surface area contributed by atoms with E-state index < -0.39 is 0 Å². The minimum Gasteiger partial charge on any atom is -0.472 e. The predicted octanol–water partition coefficient (Wildman–Crippen LogP) is 3.69. The first-order valence-corrected chi connectivity index (χ1v) is 9.06. The summed E-state index contributed by atoms with van der Waals surface area (Å²) < 4.78 is 18.5. The maximum Gasteiger partial charge on any atom is 0.257 e. The maximum atomic E-state index is 13.5. The highest BCUT2D eigenvalue weighted by molar-refractivity contribution is 5.93. The Kier molecular flexibility index (Phi) is 4.57. The van der Waals surface area contributed by atoms with E-state index in [9.17, 15) is 9.18 Å². The van der Waals surface area contributed by atoms with Crippen molar-refractivity contribution in [1.82, 2.24) is 10.2 Å². The van der Waals surface area contributed by atoms with Crippen molar-refractivity contribution in [3.63, 3.8) is 0 Å². The highest BCUT2D eigenvalue weighted by atomic mass is 19.1. The molecule has 1 aliphatic carbocycles. The van der Waals surface area contributed by atoms with Gasteiger partial charge in [0.25, 0.3) is 5.91 Å². The van der Waals surface area contributed by atoms with Crippen LogP contribution in [0.5, 0.6) is 0 Å². The lowest BCUT2D eigenvalue weighted by Gasteiger charge is -2.36. The first kappa shape index (κ1) is 16.3. The summed E-state index contributed by atoms with van der Waals surface area (Å²) in [6.45, 7) is 1.51. The lowest BCUT2D eigenvalue weighted by Crippen LogP contribution is -2.46. The van der Waals surface area contributed by atoms with Crippen molar-refractivity contribution in [2.24, 2.45) is 0 Å². The van der Waals surface area contributed by atoms with Crippen LogP contribution in [0.3, 0.4) is 0 Å². The second-order valence-electron chi connectivity index (χ2n) is 7.03. The molecule has 1 amide bonds. The number of furan rings is 1. The number of rotatable bonds is 3. The molecule has 2 aromatic rings. The number of likely N-dealkylation sites (tertiary alicyclic amines) is 1. The van der Waals surface area contributed by atoms with Gasteiger partial charge in [0, 0.05) is 25.2 Å². The van der Waals surface area contributed by atoms with Crippen LogP contribution >= 0.6 is 0 Å². The largest absolute Gasteiger partial charge is 0.472 e. The van der Waals surface area contributed by atoms with Gasteiger partial charge in [-0.05, 0) is 61.4 Å². The van der Waals surface area contributed by atoms with Gasteiger partial charge in [-0.2, -0.15) is 0 Å². The fourth-order valence-electron chi connectivity index (χ4n) is 4.06. The molecule has 0 spiro atoms. The van der Waals surface area contributed by atoms with Gasteiger partial charge >= 0.3 is 0 Å². The maximum absolute atomic E-state index is 13.5. The Labute approximate surface area is 147 Å². The molecule has 0 unspecified atom stereocenters. The highest BCUT2D eigenvalue weighted by Gasteiger charge is 2.27. The van der Waals surface area contributed by atoms with Crippen LogP contribution in [0.4, 0.5) is 4.39 Å². The van der Waals surface area contributed by atoms with E-state index in [4.69, 9.17) is 4.42 Å². The number of hydrogen-bond donors (Lipinski definition) is 1. The molecule has 0 saturated carbocycles. The molecule has 1 atom stereocenters. The summed E-state index contributed by atoms with van der Waals surface area (Å²) in [5.74, 6) is -0.101. The molecule has 25 heavy (non-hydrogen) atoms. The van der Waals surface area contributed by atoms with Crippen LogP contribution in [0.15, 0.2) is 41.2 Å². The second kappa shape index (κ2) is 7.00. The van der Waals surface area contributed by atoms with Crippen molar-refractivity contribution in [1.29, 1.82) is 0 Å². The fourth-order valence-corrected chi connectivity index (χ4v) is 4.06. The molecule has 1 N–H and O–H groups in total. The Bertz CT molecular complexity index is 736. The normalized spacial score (nSPS) is 21.2. The van der Waals surface area contributed by atoms with Crippen molar-refractivity contribution >= 4 is 5.91 Å². The van der Waals surface area contributed by atoms with Crippen LogP contribution in [0, 0.1) is 5.82 Å². The van der Waals surface area contributed by atoms with Crippen molar-refractivity contribution in [3.8, 4) is 0 Å². The average Bonchev–Trinajstić information content (AvgIpc) is 3.16. The number of carbonyl (C=O) groups excluding carboxylic acids is 1. The molecule has 1 aromatic heterocycles. The first-order chi connectivity index (χ1) is 12.2. The lowest BCUT2D eigenvalue weighted by atomic mass is 9.86. The van der Waals surface area contributed by atoms with Crippen LogP contribution in [0.25, 0.3) is 0 Å². The third-order valence-corrected chi connectivity index (χ3v) is 5.41. The second-order valence-corrected chi connectivity index (χ2v) is 7.03. The minimum absolute atomic E-state index is 0.0469. The number of benzene rings is 1. The molecule has 0 radical (unpaired) electrons. The molecule has 4 nitrogen and oxygen atoms in total. The van der Waals surface area contributed by atoms with Crippen LogP contribution in [-0.2, 0) is 6.42 Å². The predicted molar refractivity (Wildman–Crippen MR) is 92.8 cm³/mol. The topological polar surface area (TPSA) is 45.5 Å². The summed E-state index contributed by atoms with van der Waals surface area (Å²) in [4.78, 5) is 14.3. The Balaban J connectivity index is 1.36. The van der Waals surface area contributed by atoms with E-state index in [1.807, 2.05) is 11.0 Å². The summed E-state index contributed by atoms with van der Waals surface area (Å²) in [6, 6.07) is 7.57. The SMILES string of the molecule is O=C(c1ccoc1)N1CCC(N[C@@H]2CCCc3cc(F)ccc32)CC1. The molecule has 1 saturated heterocycles. The van der Waals surface area contributed by atoms with E-state index in [1.54, 1.807) is 18.2 Å². The summed E-state index contributed by atoms with van der Waals surface area (Å²) in [5.41, 5.74) is 3.00. The number of carbonyl (C=O) groups is 1. The highest BCUT2D eigenvalue weighted by Crippen LogP contribution is 2.31. The smallest absolute Gasteiger partial charge is 0.257 e. The number of nitrogens with zero attached hydrogens (tertiary/aromatic N) is 1. The van der Waals surface area contributed by atoms with Gasteiger partial charge in [0.2, 0.25) is 0 Å². The number of amides is 1. The van der Waals surface area contributed by atoms with Gasteiger partial charge in [0.05, 0.1) is 11.8 Å². The quantitative estimate of drug-likeness (QED) is 0.925. The van der Waals surface area contributed by atoms with Gasteiger partial charge in [-0.1, -0.05) is 6.07 Å². The third-order valence-electron chi connectivity index (χ3n) is 5.41. The van der Waals surface area contributed by atoms with Crippen molar-refractivity contribution < 1.29 is 13.6 Å². The van der Waals surface area contributed by atoms with Gasteiger partial charge in [-0.15, -0.1) is 0 Å². The molecular weight excluding hydrogens is 319 g/mol. The molecule has 132 valence electrons.